The van der Waals surface area contributed by atoms with E-state index in [2.05, 4.69) is 5.32 Å². The van der Waals surface area contributed by atoms with Crippen LogP contribution in [0.2, 0.25) is 0 Å². The van der Waals surface area contributed by atoms with Crippen LogP contribution in [0.15, 0.2) is 29.2 Å². The van der Waals surface area contributed by atoms with Crippen LogP contribution < -0.4 is 5.32 Å². The van der Waals surface area contributed by atoms with E-state index in [9.17, 15) is 17.4 Å². The first kappa shape index (κ1) is 14.8. The van der Waals surface area contributed by atoms with Crippen molar-refractivity contribution in [3.63, 3.8) is 0 Å². The molecule has 21 heavy (non-hydrogen) atoms. The zero-order valence-corrected chi connectivity index (χ0v) is 12.2. The summed E-state index contributed by atoms with van der Waals surface area (Å²) >= 11 is 0. The van der Waals surface area contributed by atoms with E-state index >= 15 is 0 Å². The molecule has 1 aromatic carbocycles. The SMILES string of the molecule is N=[S@@](=O)(c1cccc(CC2CC3(CNC3)C2)c1)C(F)(F)F. The lowest BCUT2D eigenvalue weighted by Crippen LogP contribution is -2.60. The monoisotopic (exact) mass is 318 g/mol. The van der Waals surface area contributed by atoms with E-state index in [0.29, 0.717) is 17.8 Å². The first-order chi connectivity index (χ1) is 9.72. The van der Waals surface area contributed by atoms with Crippen molar-refractivity contribution in [3.05, 3.63) is 29.8 Å². The van der Waals surface area contributed by atoms with Crippen LogP contribution in [-0.4, -0.2) is 22.8 Å². The third-order valence-corrected chi connectivity index (χ3v) is 6.09. The Balaban J connectivity index is 1.72. The van der Waals surface area contributed by atoms with Gasteiger partial charge in [-0.25, -0.2) is 8.99 Å². The van der Waals surface area contributed by atoms with E-state index in [1.807, 2.05) is 0 Å². The van der Waals surface area contributed by atoms with Gasteiger partial charge < -0.3 is 5.32 Å². The first-order valence-corrected chi connectivity index (χ1v) is 8.43. The molecular formula is C14H17F3N2OS. The predicted molar refractivity (Wildman–Crippen MR) is 73.4 cm³/mol. The normalized spacial score (nSPS) is 24.1. The quantitative estimate of drug-likeness (QED) is 0.899. The van der Waals surface area contributed by atoms with Crippen molar-refractivity contribution in [2.24, 2.45) is 11.3 Å². The highest BCUT2D eigenvalue weighted by atomic mass is 32.2. The van der Waals surface area contributed by atoms with Crippen molar-refractivity contribution in [3.8, 4) is 0 Å². The number of rotatable bonds is 3. The van der Waals surface area contributed by atoms with Gasteiger partial charge in [-0.2, -0.15) is 13.2 Å². The van der Waals surface area contributed by atoms with Crippen LogP contribution in [0.5, 0.6) is 0 Å². The van der Waals surface area contributed by atoms with Gasteiger partial charge in [0.05, 0.1) is 4.90 Å². The Morgan fingerprint density at radius 2 is 2.00 bits per heavy atom. The van der Waals surface area contributed by atoms with Gasteiger partial charge in [-0.1, -0.05) is 12.1 Å². The zero-order chi connectivity index (χ0) is 15.3. The molecule has 3 rings (SSSR count). The van der Waals surface area contributed by atoms with Crippen molar-refractivity contribution in [2.75, 3.05) is 13.1 Å². The summed E-state index contributed by atoms with van der Waals surface area (Å²) in [6.07, 6.45) is 2.89. The fraction of sp³-hybridized carbons (Fsp3) is 0.571. The van der Waals surface area contributed by atoms with E-state index < -0.39 is 20.1 Å². The van der Waals surface area contributed by atoms with Crippen molar-refractivity contribution < 1.29 is 17.4 Å². The van der Waals surface area contributed by atoms with E-state index in [1.54, 1.807) is 6.07 Å². The molecule has 0 amide bonds. The fourth-order valence-corrected chi connectivity index (χ4v) is 4.25. The van der Waals surface area contributed by atoms with Crippen LogP contribution in [0.25, 0.3) is 0 Å². The number of benzene rings is 1. The third kappa shape index (κ3) is 2.57. The maximum Gasteiger partial charge on any atom is 0.483 e. The Hall–Kier alpha value is -1.08. The Morgan fingerprint density at radius 1 is 1.33 bits per heavy atom. The van der Waals surface area contributed by atoms with Crippen molar-refractivity contribution in [1.29, 1.82) is 4.78 Å². The van der Waals surface area contributed by atoms with E-state index in [-0.39, 0.29) is 0 Å². The van der Waals surface area contributed by atoms with Gasteiger partial charge in [0.1, 0.15) is 0 Å². The Bertz CT molecular complexity index is 642. The Kier molecular flexibility index (Phi) is 3.33. The molecule has 7 heteroatoms. The Labute approximate surface area is 121 Å². The number of hydrogen-bond acceptors (Lipinski definition) is 3. The highest BCUT2D eigenvalue weighted by Gasteiger charge is 2.48. The largest absolute Gasteiger partial charge is 0.483 e. The number of hydrogen-bond donors (Lipinski definition) is 2. The molecule has 2 aliphatic rings. The molecule has 0 unspecified atom stereocenters. The lowest BCUT2D eigenvalue weighted by atomic mass is 9.57. The average molecular weight is 318 g/mol. The molecule has 1 aliphatic heterocycles. The van der Waals surface area contributed by atoms with Crippen LogP contribution in [-0.2, 0) is 16.1 Å². The lowest BCUT2D eigenvalue weighted by molar-refractivity contribution is -0.0406. The van der Waals surface area contributed by atoms with Gasteiger partial charge in [0.15, 0.2) is 9.73 Å². The molecule has 1 aromatic rings. The molecule has 1 spiro atoms. The minimum atomic E-state index is -5.02. The van der Waals surface area contributed by atoms with Gasteiger partial charge in [-0.05, 0) is 48.3 Å². The van der Waals surface area contributed by atoms with Gasteiger partial charge in [-0.3, -0.25) is 0 Å². The Morgan fingerprint density at radius 3 is 2.52 bits per heavy atom. The number of halogens is 3. The molecule has 1 heterocycles. The molecule has 0 radical (unpaired) electrons. The van der Waals surface area contributed by atoms with Crippen LogP contribution in [0.4, 0.5) is 13.2 Å². The molecule has 1 atom stereocenters. The molecule has 0 aromatic heterocycles. The molecule has 1 aliphatic carbocycles. The number of alkyl halides is 3. The number of nitrogens with one attached hydrogen (secondary N) is 2. The second-order valence-electron chi connectivity index (χ2n) is 6.23. The molecule has 1 saturated heterocycles. The summed E-state index contributed by atoms with van der Waals surface area (Å²) in [7, 11) is -4.75. The topological polar surface area (TPSA) is 53.0 Å². The average Bonchev–Trinajstić information content (AvgIpc) is 2.30. The van der Waals surface area contributed by atoms with Gasteiger partial charge >= 0.3 is 5.51 Å². The van der Waals surface area contributed by atoms with Gasteiger partial charge in [0, 0.05) is 13.1 Å². The molecule has 2 N–H and O–H groups in total. The maximum absolute atomic E-state index is 12.7. The van der Waals surface area contributed by atoms with Crippen molar-refractivity contribution in [1.82, 2.24) is 5.32 Å². The molecule has 3 nitrogen and oxygen atoms in total. The third-order valence-electron chi connectivity index (χ3n) is 4.52. The zero-order valence-electron chi connectivity index (χ0n) is 11.4. The second kappa shape index (κ2) is 4.71. The summed E-state index contributed by atoms with van der Waals surface area (Å²) in [4.78, 5) is -0.438. The van der Waals surface area contributed by atoms with Crippen LogP contribution in [0.1, 0.15) is 18.4 Å². The summed E-state index contributed by atoms with van der Waals surface area (Å²) in [5, 5.41) is 3.25. The predicted octanol–water partition coefficient (Wildman–Crippen LogP) is 3.15. The standard InChI is InChI=1S/C14H17F3N2OS/c15-14(16,17)21(18,20)12-3-1-2-10(5-12)4-11-6-13(7-11)8-19-9-13/h1-3,5,11,18-19H,4,6-9H2/t21-/m1/s1. The van der Waals surface area contributed by atoms with E-state index in [0.717, 1.165) is 37.6 Å². The summed E-state index contributed by atoms with van der Waals surface area (Å²) < 4.78 is 56.8. The van der Waals surface area contributed by atoms with Crippen molar-refractivity contribution in [2.45, 2.75) is 29.7 Å². The van der Waals surface area contributed by atoms with Gasteiger partial charge in [0.2, 0.25) is 0 Å². The second-order valence-corrected chi connectivity index (χ2v) is 8.28. The van der Waals surface area contributed by atoms with E-state index in [4.69, 9.17) is 4.78 Å². The van der Waals surface area contributed by atoms with Crippen LogP contribution in [0, 0.1) is 16.1 Å². The maximum atomic E-state index is 12.7. The fourth-order valence-electron chi connectivity index (χ4n) is 3.39. The summed E-state index contributed by atoms with van der Waals surface area (Å²) in [6.45, 7) is 2.08. The first-order valence-electron chi connectivity index (χ1n) is 6.87. The van der Waals surface area contributed by atoms with E-state index in [1.165, 1.54) is 12.1 Å². The lowest BCUT2D eigenvalue weighted by Gasteiger charge is -2.54. The summed E-state index contributed by atoms with van der Waals surface area (Å²) in [6, 6.07) is 5.63. The molecule has 1 saturated carbocycles. The minimum absolute atomic E-state index is 0.428. The molecule has 0 bridgehead atoms. The minimum Gasteiger partial charge on any atom is -0.316 e. The summed E-state index contributed by atoms with van der Waals surface area (Å²) in [5.74, 6) is 0.482. The highest BCUT2D eigenvalue weighted by Crippen LogP contribution is 2.49. The van der Waals surface area contributed by atoms with Gasteiger partial charge in [0.25, 0.3) is 0 Å². The van der Waals surface area contributed by atoms with Gasteiger partial charge in [-0.15, -0.1) is 0 Å². The highest BCUT2D eigenvalue weighted by molar-refractivity contribution is 7.93. The summed E-state index contributed by atoms with van der Waals surface area (Å²) in [5.41, 5.74) is -3.86. The van der Waals surface area contributed by atoms with Crippen LogP contribution in [0.3, 0.4) is 0 Å². The molecule has 2 fully saturated rings. The smallest absolute Gasteiger partial charge is 0.316 e. The molecular weight excluding hydrogens is 301 g/mol. The van der Waals surface area contributed by atoms with Crippen LogP contribution >= 0.6 is 0 Å². The molecule has 116 valence electrons. The van der Waals surface area contributed by atoms with Crippen molar-refractivity contribution >= 4 is 9.73 Å².